The summed E-state index contributed by atoms with van der Waals surface area (Å²) in [7, 11) is 0. The number of hydrogen-bond donors (Lipinski definition) is 1. The molecule has 15 heavy (non-hydrogen) atoms. The Morgan fingerprint density at radius 1 is 1.47 bits per heavy atom. The maximum Gasteiger partial charge on any atom is 0.00670 e. The highest BCUT2D eigenvalue weighted by Crippen LogP contribution is 2.12. The average Bonchev–Trinajstić information content (AvgIpc) is 2.19. The summed E-state index contributed by atoms with van der Waals surface area (Å²) in [6.45, 7) is 12.0. The Bertz CT molecular complexity index is 159. The first-order valence-corrected chi connectivity index (χ1v) is 6.68. The van der Waals surface area contributed by atoms with Crippen molar-refractivity contribution < 1.29 is 0 Å². The minimum Gasteiger partial charge on any atom is -0.316 e. The van der Waals surface area contributed by atoms with Crippen molar-refractivity contribution in [1.82, 2.24) is 10.2 Å². The minimum atomic E-state index is 0.783. The third kappa shape index (κ3) is 4.98. The molecule has 2 atom stereocenters. The van der Waals surface area contributed by atoms with Crippen LogP contribution in [0.3, 0.4) is 0 Å². The van der Waals surface area contributed by atoms with Crippen LogP contribution in [-0.2, 0) is 0 Å². The Labute approximate surface area is 95.4 Å². The van der Waals surface area contributed by atoms with Crippen LogP contribution in [-0.4, -0.2) is 37.1 Å². The first-order chi connectivity index (χ1) is 7.24. The highest BCUT2D eigenvalue weighted by Gasteiger charge is 2.17. The molecule has 2 heteroatoms. The standard InChI is InChI=1S/C13H28N2/c1-4-5-7-13(3)15-9-6-8-14-10-12(2)11-15/h12-14H,4-11H2,1-3H3. The second-order valence-corrected chi connectivity index (χ2v) is 5.15. The summed E-state index contributed by atoms with van der Waals surface area (Å²) in [5.41, 5.74) is 0. The topological polar surface area (TPSA) is 15.3 Å². The lowest BCUT2D eigenvalue weighted by atomic mass is 10.1. The van der Waals surface area contributed by atoms with Gasteiger partial charge in [0.25, 0.3) is 0 Å². The summed E-state index contributed by atoms with van der Waals surface area (Å²) >= 11 is 0. The molecular weight excluding hydrogens is 184 g/mol. The smallest absolute Gasteiger partial charge is 0.00670 e. The van der Waals surface area contributed by atoms with Gasteiger partial charge in [-0.3, -0.25) is 0 Å². The van der Waals surface area contributed by atoms with Crippen molar-refractivity contribution in [2.75, 3.05) is 26.2 Å². The van der Waals surface area contributed by atoms with Crippen LogP contribution < -0.4 is 5.32 Å². The molecule has 2 unspecified atom stereocenters. The Kier molecular flexibility index (Phi) is 6.26. The van der Waals surface area contributed by atoms with Crippen LogP contribution in [0.5, 0.6) is 0 Å². The van der Waals surface area contributed by atoms with Gasteiger partial charge in [0.15, 0.2) is 0 Å². The summed E-state index contributed by atoms with van der Waals surface area (Å²) in [4.78, 5) is 2.70. The summed E-state index contributed by atoms with van der Waals surface area (Å²) in [6, 6.07) is 0.783. The number of rotatable bonds is 4. The van der Waals surface area contributed by atoms with E-state index in [4.69, 9.17) is 0 Å². The first-order valence-electron chi connectivity index (χ1n) is 6.68. The zero-order valence-corrected chi connectivity index (χ0v) is 10.8. The molecule has 2 nitrogen and oxygen atoms in total. The van der Waals surface area contributed by atoms with E-state index in [0.717, 1.165) is 12.0 Å². The average molecular weight is 212 g/mol. The van der Waals surface area contributed by atoms with E-state index in [2.05, 4.69) is 31.0 Å². The predicted molar refractivity (Wildman–Crippen MR) is 67.2 cm³/mol. The van der Waals surface area contributed by atoms with Gasteiger partial charge >= 0.3 is 0 Å². The van der Waals surface area contributed by atoms with Gasteiger partial charge in [-0.2, -0.15) is 0 Å². The zero-order valence-electron chi connectivity index (χ0n) is 10.8. The Hall–Kier alpha value is -0.0800. The van der Waals surface area contributed by atoms with E-state index in [0.29, 0.717) is 0 Å². The van der Waals surface area contributed by atoms with E-state index >= 15 is 0 Å². The van der Waals surface area contributed by atoms with Crippen LogP contribution in [0.2, 0.25) is 0 Å². The van der Waals surface area contributed by atoms with Gasteiger partial charge in [-0.25, -0.2) is 0 Å². The normalized spacial score (nSPS) is 27.0. The van der Waals surface area contributed by atoms with Crippen molar-refractivity contribution >= 4 is 0 Å². The van der Waals surface area contributed by atoms with Gasteiger partial charge in [-0.05, 0) is 45.3 Å². The van der Waals surface area contributed by atoms with Crippen LogP contribution in [0.25, 0.3) is 0 Å². The fraction of sp³-hybridized carbons (Fsp3) is 1.00. The van der Waals surface area contributed by atoms with Gasteiger partial charge in [-0.15, -0.1) is 0 Å². The Balaban J connectivity index is 2.34. The molecule has 0 spiro atoms. The quantitative estimate of drug-likeness (QED) is 0.770. The molecule has 0 aromatic heterocycles. The van der Waals surface area contributed by atoms with Gasteiger partial charge in [-0.1, -0.05) is 26.7 Å². The molecule has 0 radical (unpaired) electrons. The van der Waals surface area contributed by atoms with Crippen molar-refractivity contribution in [3.05, 3.63) is 0 Å². The van der Waals surface area contributed by atoms with Gasteiger partial charge in [0.2, 0.25) is 0 Å². The summed E-state index contributed by atoms with van der Waals surface area (Å²) in [5.74, 6) is 0.800. The van der Waals surface area contributed by atoms with Gasteiger partial charge in [0.05, 0.1) is 0 Å². The fourth-order valence-electron chi connectivity index (χ4n) is 2.39. The van der Waals surface area contributed by atoms with E-state index in [1.54, 1.807) is 0 Å². The van der Waals surface area contributed by atoms with Crippen LogP contribution in [0.15, 0.2) is 0 Å². The van der Waals surface area contributed by atoms with Crippen molar-refractivity contribution in [3.63, 3.8) is 0 Å². The van der Waals surface area contributed by atoms with E-state index < -0.39 is 0 Å². The molecule has 1 aliphatic rings. The molecular formula is C13H28N2. The number of nitrogens with one attached hydrogen (secondary N) is 1. The molecule has 90 valence electrons. The van der Waals surface area contributed by atoms with E-state index in [9.17, 15) is 0 Å². The molecule has 0 amide bonds. The van der Waals surface area contributed by atoms with E-state index in [1.807, 2.05) is 0 Å². The van der Waals surface area contributed by atoms with Crippen molar-refractivity contribution in [2.24, 2.45) is 5.92 Å². The Morgan fingerprint density at radius 3 is 3.00 bits per heavy atom. The molecule has 0 aromatic carbocycles. The van der Waals surface area contributed by atoms with Gasteiger partial charge in [0.1, 0.15) is 0 Å². The van der Waals surface area contributed by atoms with Crippen LogP contribution in [0.4, 0.5) is 0 Å². The minimum absolute atomic E-state index is 0.783. The number of nitrogens with zero attached hydrogens (tertiary/aromatic N) is 1. The molecule has 1 rings (SSSR count). The SMILES string of the molecule is CCCCC(C)N1CCCNCC(C)C1. The van der Waals surface area contributed by atoms with Crippen molar-refractivity contribution in [1.29, 1.82) is 0 Å². The monoisotopic (exact) mass is 212 g/mol. The highest BCUT2D eigenvalue weighted by molar-refractivity contribution is 4.73. The first kappa shape index (κ1) is 13.0. The van der Waals surface area contributed by atoms with Gasteiger partial charge in [0, 0.05) is 12.6 Å². The second-order valence-electron chi connectivity index (χ2n) is 5.15. The zero-order chi connectivity index (χ0) is 11.1. The van der Waals surface area contributed by atoms with Crippen molar-refractivity contribution in [2.45, 2.75) is 52.5 Å². The van der Waals surface area contributed by atoms with Crippen LogP contribution in [0.1, 0.15) is 46.5 Å². The molecule has 1 N–H and O–H groups in total. The summed E-state index contributed by atoms with van der Waals surface area (Å²) in [5, 5.41) is 3.51. The predicted octanol–water partition coefficient (Wildman–Crippen LogP) is 2.50. The van der Waals surface area contributed by atoms with Crippen molar-refractivity contribution in [3.8, 4) is 0 Å². The lowest BCUT2D eigenvalue weighted by Crippen LogP contribution is -2.43. The molecule has 0 aliphatic carbocycles. The largest absolute Gasteiger partial charge is 0.316 e. The maximum absolute atomic E-state index is 3.51. The molecule has 1 heterocycles. The Morgan fingerprint density at radius 2 is 2.27 bits per heavy atom. The lowest BCUT2D eigenvalue weighted by molar-refractivity contribution is 0.158. The molecule has 1 aliphatic heterocycles. The molecule has 0 aromatic rings. The van der Waals surface area contributed by atoms with Crippen LogP contribution >= 0.6 is 0 Å². The molecule has 0 saturated carbocycles. The molecule has 0 bridgehead atoms. The molecule has 1 fully saturated rings. The third-order valence-corrected chi connectivity index (χ3v) is 3.44. The van der Waals surface area contributed by atoms with E-state index in [-0.39, 0.29) is 0 Å². The number of unbranched alkanes of at least 4 members (excludes halogenated alkanes) is 1. The van der Waals surface area contributed by atoms with E-state index in [1.165, 1.54) is 51.9 Å². The third-order valence-electron chi connectivity index (χ3n) is 3.44. The summed E-state index contributed by atoms with van der Waals surface area (Å²) in [6.07, 6.45) is 5.39. The molecule has 1 saturated heterocycles. The highest BCUT2D eigenvalue weighted by atomic mass is 15.2. The lowest BCUT2D eigenvalue weighted by Gasteiger charge is -2.33. The number of hydrogen-bond acceptors (Lipinski definition) is 2. The second kappa shape index (κ2) is 7.24. The summed E-state index contributed by atoms with van der Waals surface area (Å²) < 4.78 is 0. The van der Waals surface area contributed by atoms with Gasteiger partial charge < -0.3 is 10.2 Å². The maximum atomic E-state index is 3.51. The van der Waals surface area contributed by atoms with Crippen LogP contribution in [0, 0.1) is 5.92 Å². The fourth-order valence-corrected chi connectivity index (χ4v) is 2.39.